The summed E-state index contributed by atoms with van der Waals surface area (Å²) >= 11 is 0. The maximum Gasteiger partial charge on any atom is 0.357 e. The van der Waals surface area contributed by atoms with Crippen molar-refractivity contribution in [2.45, 2.75) is 13.8 Å². The third-order valence-electron chi connectivity index (χ3n) is 3.44. The number of hydrogen-bond donors (Lipinski definition) is 1. The third-order valence-corrected chi connectivity index (χ3v) is 3.44. The highest BCUT2D eigenvalue weighted by atomic mass is 16.6. The summed E-state index contributed by atoms with van der Waals surface area (Å²) in [5, 5.41) is 13.9. The molecule has 0 radical (unpaired) electrons. The van der Waals surface area contributed by atoms with Gasteiger partial charge in [-0.1, -0.05) is 12.1 Å². The largest absolute Gasteiger partial charge is 0.357 e. The average molecular weight is 315 g/mol. The number of nitro groups is 1. The van der Waals surface area contributed by atoms with Crippen molar-refractivity contribution in [3.8, 4) is 0 Å². The first-order valence-corrected chi connectivity index (χ1v) is 7.12. The second kappa shape index (κ2) is 6.87. The summed E-state index contributed by atoms with van der Waals surface area (Å²) in [6.07, 6.45) is 1.58. The van der Waals surface area contributed by atoms with Crippen LogP contribution in [-0.4, -0.2) is 24.4 Å². The Labute approximate surface area is 134 Å². The number of nitrogens with one attached hydrogen (secondary N) is 2. The van der Waals surface area contributed by atoms with Crippen LogP contribution in [-0.2, 0) is 4.79 Å². The van der Waals surface area contributed by atoms with Crippen LogP contribution in [0.4, 0.5) is 17.2 Å². The van der Waals surface area contributed by atoms with Gasteiger partial charge in [-0.15, -0.1) is 0 Å². The van der Waals surface area contributed by atoms with E-state index < -0.39 is 4.92 Å². The number of hydrogen-bond acceptors (Lipinski definition) is 4. The van der Waals surface area contributed by atoms with Crippen LogP contribution in [0.1, 0.15) is 11.1 Å². The molecule has 2 N–H and O–H groups in total. The Kier molecular flexibility index (Phi) is 4.90. The lowest BCUT2D eigenvalue weighted by atomic mass is 10.1. The van der Waals surface area contributed by atoms with Gasteiger partial charge in [0, 0.05) is 11.8 Å². The molecule has 0 unspecified atom stereocenters. The molecule has 7 nitrogen and oxygen atoms in total. The van der Waals surface area contributed by atoms with Gasteiger partial charge in [0.05, 0.1) is 18.2 Å². The summed E-state index contributed by atoms with van der Waals surface area (Å²) < 4.78 is 0. The SMILES string of the molecule is Cc1ccc(C)c(NC(=O)CN(C)c2[nH+]cccc2[N+](=O)[O-])c1. The number of H-pyrrole nitrogens is 1. The van der Waals surface area contributed by atoms with E-state index in [-0.39, 0.29) is 24.0 Å². The highest BCUT2D eigenvalue weighted by Crippen LogP contribution is 2.21. The number of aromatic amines is 1. The quantitative estimate of drug-likeness (QED) is 0.676. The second-order valence-corrected chi connectivity index (χ2v) is 5.38. The molecule has 2 aromatic rings. The fourth-order valence-corrected chi connectivity index (χ4v) is 2.23. The van der Waals surface area contributed by atoms with Crippen LogP contribution in [0.5, 0.6) is 0 Å². The van der Waals surface area contributed by atoms with E-state index in [2.05, 4.69) is 10.3 Å². The van der Waals surface area contributed by atoms with Gasteiger partial charge < -0.3 is 5.32 Å². The van der Waals surface area contributed by atoms with Crippen molar-refractivity contribution in [1.29, 1.82) is 0 Å². The number of anilines is 2. The lowest BCUT2D eigenvalue weighted by molar-refractivity contribution is -0.411. The number of carbonyl (C=O) groups is 1. The van der Waals surface area contributed by atoms with Crippen LogP contribution >= 0.6 is 0 Å². The number of pyridine rings is 1. The average Bonchev–Trinajstić information content (AvgIpc) is 2.50. The molecule has 0 aliphatic heterocycles. The Bertz CT molecular complexity index is 746. The minimum absolute atomic E-state index is 0.00522. The molecule has 0 saturated carbocycles. The first-order chi connectivity index (χ1) is 10.9. The Morgan fingerprint density at radius 1 is 1.35 bits per heavy atom. The van der Waals surface area contributed by atoms with Crippen LogP contribution in [0.25, 0.3) is 0 Å². The van der Waals surface area contributed by atoms with Crippen molar-refractivity contribution < 1.29 is 14.7 Å². The molecular weight excluding hydrogens is 296 g/mol. The van der Waals surface area contributed by atoms with Crippen LogP contribution in [0.3, 0.4) is 0 Å². The molecular formula is C16H19N4O3+. The van der Waals surface area contributed by atoms with E-state index in [1.54, 1.807) is 19.3 Å². The third kappa shape index (κ3) is 4.03. The van der Waals surface area contributed by atoms with Crippen molar-refractivity contribution in [2.75, 3.05) is 23.8 Å². The van der Waals surface area contributed by atoms with Crippen LogP contribution < -0.4 is 15.2 Å². The van der Waals surface area contributed by atoms with E-state index in [4.69, 9.17) is 0 Å². The molecule has 0 aliphatic carbocycles. The van der Waals surface area contributed by atoms with E-state index >= 15 is 0 Å². The first kappa shape index (κ1) is 16.4. The Morgan fingerprint density at radius 3 is 2.78 bits per heavy atom. The van der Waals surface area contributed by atoms with Crippen molar-refractivity contribution >= 4 is 23.1 Å². The predicted molar refractivity (Wildman–Crippen MR) is 87.5 cm³/mol. The summed E-state index contributed by atoms with van der Waals surface area (Å²) in [6.45, 7) is 3.85. The molecule has 2 rings (SSSR count). The molecule has 0 spiro atoms. The van der Waals surface area contributed by atoms with E-state index in [0.29, 0.717) is 0 Å². The molecule has 0 saturated heterocycles. The van der Waals surface area contributed by atoms with E-state index in [9.17, 15) is 14.9 Å². The second-order valence-electron chi connectivity index (χ2n) is 5.38. The number of aryl methyl sites for hydroxylation is 2. The molecule has 23 heavy (non-hydrogen) atoms. The van der Waals surface area contributed by atoms with E-state index in [0.717, 1.165) is 16.8 Å². The maximum absolute atomic E-state index is 12.2. The number of nitrogens with zero attached hydrogens (tertiary/aromatic N) is 2. The highest BCUT2D eigenvalue weighted by molar-refractivity contribution is 5.94. The molecule has 0 bridgehead atoms. The number of aromatic nitrogens is 1. The monoisotopic (exact) mass is 315 g/mol. The minimum Gasteiger partial charge on any atom is -0.322 e. The standard InChI is InChI=1S/C16H18N4O3/c1-11-6-7-12(2)13(9-11)18-15(21)10-19(3)16-14(20(22)23)5-4-8-17-16/h4-9H,10H2,1-3H3,(H,18,21)/p+1. The maximum atomic E-state index is 12.2. The topological polar surface area (TPSA) is 89.6 Å². The van der Waals surface area contributed by atoms with Gasteiger partial charge in [-0.2, -0.15) is 0 Å². The van der Waals surface area contributed by atoms with E-state index in [1.165, 1.54) is 11.0 Å². The van der Waals surface area contributed by atoms with Gasteiger partial charge >= 0.3 is 11.5 Å². The molecule has 120 valence electrons. The van der Waals surface area contributed by atoms with Gasteiger partial charge in [-0.05, 0) is 37.1 Å². The van der Waals surface area contributed by atoms with Crippen LogP contribution in [0.2, 0.25) is 0 Å². The van der Waals surface area contributed by atoms with Gasteiger partial charge in [0.15, 0.2) is 6.54 Å². The fourth-order valence-electron chi connectivity index (χ4n) is 2.23. The van der Waals surface area contributed by atoms with Gasteiger partial charge in [-0.25, -0.2) is 9.88 Å². The molecule has 1 heterocycles. The summed E-state index contributed by atoms with van der Waals surface area (Å²) in [4.78, 5) is 27.1. The molecule has 1 aromatic heterocycles. The predicted octanol–water partition coefficient (Wildman–Crippen LogP) is 2.10. The molecule has 1 aromatic carbocycles. The summed E-state index contributed by atoms with van der Waals surface area (Å²) in [5.74, 6) is 0.0429. The van der Waals surface area contributed by atoms with E-state index in [1.807, 2.05) is 32.0 Å². The van der Waals surface area contributed by atoms with Crippen LogP contribution in [0, 0.1) is 24.0 Å². The van der Waals surface area contributed by atoms with Gasteiger partial charge in [0.25, 0.3) is 5.91 Å². The molecule has 1 amide bonds. The normalized spacial score (nSPS) is 10.2. The zero-order valence-corrected chi connectivity index (χ0v) is 13.3. The minimum atomic E-state index is -0.481. The Hall–Kier alpha value is -2.96. The fraction of sp³-hybridized carbons (Fsp3) is 0.250. The van der Waals surface area contributed by atoms with Crippen LogP contribution in [0.15, 0.2) is 36.5 Å². The smallest absolute Gasteiger partial charge is 0.322 e. The van der Waals surface area contributed by atoms with Crippen molar-refractivity contribution in [3.63, 3.8) is 0 Å². The Morgan fingerprint density at radius 2 is 2.09 bits per heavy atom. The zero-order chi connectivity index (χ0) is 17.0. The lowest BCUT2D eigenvalue weighted by Crippen LogP contribution is -2.34. The number of rotatable bonds is 5. The number of benzene rings is 1. The van der Waals surface area contributed by atoms with Gasteiger partial charge in [0.1, 0.15) is 0 Å². The number of likely N-dealkylation sites (N-methyl/N-ethyl adjacent to an activating group) is 1. The van der Waals surface area contributed by atoms with Crippen molar-refractivity contribution in [1.82, 2.24) is 0 Å². The molecule has 0 fully saturated rings. The molecule has 7 heteroatoms. The lowest BCUT2D eigenvalue weighted by Gasteiger charge is -2.12. The zero-order valence-electron chi connectivity index (χ0n) is 13.3. The van der Waals surface area contributed by atoms with Gasteiger partial charge in [0.2, 0.25) is 0 Å². The van der Waals surface area contributed by atoms with Crippen molar-refractivity contribution in [3.05, 3.63) is 57.8 Å². The summed E-state index contributed by atoms with van der Waals surface area (Å²) in [6, 6.07) is 8.74. The first-order valence-electron chi connectivity index (χ1n) is 7.12. The highest BCUT2D eigenvalue weighted by Gasteiger charge is 2.26. The van der Waals surface area contributed by atoms with Crippen molar-refractivity contribution in [2.24, 2.45) is 0 Å². The summed E-state index contributed by atoms with van der Waals surface area (Å²) in [5.41, 5.74) is 2.68. The number of carbonyl (C=O) groups excluding carboxylic acids is 1. The number of amides is 1. The van der Waals surface area contributed by atoms with Gasteiger partial charge in [-0.3, -0.25) is 14.9 Å². The molecule has 0 aliphatic rings. The molecule has 0 atom stereocenters. The Balaban J connectivity index is 2.11. The summed E-state index contributed by atoms with van der Waals surface area (Å²) in [7, 11) is 1.63.